The number of hydrogen-bond donors (Lipinski definition) is 2. The van der Waals surface area contributed by atoms with Crippen molar-refractivity contribution in [3.05, 3.63) is 57.6 Å². The van der Waals surface area contributed by atoms with E-state index in [1.807, 2.05) is 32.0 Å². The Morgan fingerprint density at radius 3 is 2.41 bits per heavy atom. The third kappa shape index (κ3) is 5.96. The normalized spacial score (nSPS) is 12.0. The Hall–Kier alpha value is -2.08. The van der Waals surface area contributed by atoms with Gasteiger partial charge < -0.3 is 10.6 Å². The van der Waals surface area contributed by atoms with Gasteiger partial charge in [-0.05, 0) is 63.2 Å². The van der Waals surface area contributed by atoms with Crippen LogP contribution < -0.4 is 10.6 Å². The molecule has 144 valence electrons. The van der Waals surface area contributed by atoms with Crippen molar-refractivity contribution in [1.82, 2.24) is 4.90 Å². The van der Waals surface area contributed by atoms with Crippen molar-refractivity contribution in [3.63, 3.8) is 0 Å². The van der Waals surface area contributed by atoms with Crippen molar-refractivity contribution in [2.75, 3.05) is 24.2 Å². The van der Waals surface area contributed by atoms with Gasteiger partial charge >= 0.3 is 0 Å². The molecule has 0 unspecified atom stereocenters. The highest BCUT2D eigenvalue weighted by Gasteiger charge is 2.21. The van der Waals surface area contributed by atoms with Crippen molar-refractivity contribution in [2.24, 2.45) is 0 Å². The van der Waals surface area contributed by atoms with Crippen LogP contribution in [-0.2, 0) is 9.59 Å². The molecular weight excluding hydrogens is 385 g/mol. The predicted octanol–water partition coefficient (Wildman–Crippen LogP) is 4.51. The molecule has 0 bridgehead atoms. The highest BCUT2D eigenvalue weighted by atomic mass is 35.5. The summed E-state index contributed by atoms with van der Waals surface area (Å²) in [4.78, 5) is 26.4. The fourth-order valence-electron chi connectivity index (χ4n) is 2.45. The van der Waals surface area contributed by atoms with Crippen LogP contribution in [-0.4, -0.2) is 36.3 Å². The van der Waals surface area contributed by atoms with Crippen LogP contribution in [0.1, 0.15) is 18.1 Å². The fraction of sp³-hybridized carbons (Fsp3) is 0.300. The zero-order chi connectivity index (χ0) is 20.1. The number of carbonyl (C=O) groups excluding carboxylic acids is 2. The second-order valence-electron chi connectivity index (χ2n) is 6.58. The first-order valence-electron chi connectivity index (χ1n) is 8.50. The Labute approximate surface area is 169 Å². The van der Waals surface area contributed by atoms with E-state index in [1.54, 1.807) is 37.1 Å². The summed E-state index contributed by atoms with van der Waals surface area (Å²) < 4.78 is 0. The van der Waals surface area contributed by atoms with Crippen LogP contribution in [0.15, 0.2) is 36.4 Å². The molecule has 27 heavy (non-hydrogen) atoms. The third-order valence-corrected chi connectivity index (χ3v) is 5.03. The number of nitrogens with one attached hydrogen (secondary N) is 2. The fourth-order valence-corrected chi connectivity index (χ4v) is 2.74. The summed E-state index contributed by atoms with van der Waals surface area (Å²) >= 11 is 11.8. The first-order valence-corrected chi connectivity index (χ1v) is 9.26. The van der Waals surface area contributed by atoms with Gasteiger partial charge in [-0.1, -0.05) is 35.3 Å². The largest absolute Gasteiger partial charge is 0.325 e. The third-order valence-electron chi connectivity index (χ3n) is 4.29. The van der Waals surface area contributed by atoms with E-state index in [-0.39, 0.29) is 18.4 Å². The number of anilines is 2. The molecule has 7 heteroatoms. The molecule has 5 nitrogen and oxygen atoms in total. The van der Waals surface area contributed by atoms with Crippen molar-refractivity contribution in [2.45, 2.75) is 26.8 Å². The summed E-state index contributed by atoms with van der Waals surface area (Å²) in [6.45, 7) is 5.72. The van der Waals surface area contributed by atoms with Crippen LogP contribution in [0, 0.1) is 13.8 Å². The minimum Gasteiger partial charge on any atom is -0.325 e. The lowest BCUT2D eigenvalue weighted by Crippen LogP contribution is -2.43. The molecule has 0 spiro atoms. The number of aryl methyl sites for hydroxylation is 2. The molecule has 2 aromatic carbocycles. The first kappa shape index (κ1) is 21.2. The number of halogens is 2. The lowest BCUT2D eigenvalue weighted by atomic mass is 10.1. The Kier molecular flexibility index (Phi) is 7.25. The maximum absolute atomic E-state index is 12.5. The number of hydrogen-bond acceptors (Lipinski definition) is 3. The average Bonchev–Trinajstić information content (AvgIpc) is 2.60. The van der Waals surface area contributed by atoms with Gasteiger partial charge in [0.1, 0.15) is 0 Å². The molecule has 0 aliphatic carbocycles. The Balaban J connectivity index is 1.94. The van der Waals surface area contributed by atoms with Gasteiger partial charge in [0.05, 0.1) is 22.6 Å². The molecule has 0 heterocycles. The van der Waals surface area contributed by atoms with Crippen LogP contribution in [0.2, 0.25) is 10.0 Å². The number of nitrogens with zero attached hydrogens (tertiary/aromatic N) is 1. The van der Waals surface area contributed by atoms with Gasteiger partial charge in [0.15, 0.2) is 0 Å². The highest BCUT2D eigenvalue weighted by Crippen LogP contribution is 2.25. The van der Waals surface area contributed by atoms with Crippen LogP contribution in [0.25, 0.3) is 0 Å². The molecule has 2 N–H and O–H groups in total. The monoisotopic (exact) mass is 407 g/mol. The maximum Gasteiger partial charge on any atom is 0.241 e. The Morgan fingerprint density at radius 1 is 1.04 bits per heavy atom. The molecule has 1 atom stereocenters. The van der Waals surface area contributed by atoms with E-state index in [0.717, 1.165) is 16.8 Å². The van der Waals surface area contributed by atoms with Crippen molar-refractivity contribution in [3.8, 4) is 0 Å². The van der Waals surface area contributed by atoms with Crippen molar-refractivity contribution >= 4 is 46.4 Å². The quantitative estimate of drug-likeness (QED) is 0.740. The lowest BCUT2D eigenvalue weighted by molar-refractivity contribution is -0.122. The molecule has 0 radical (unpaired) electrons. The van der Waals surface area contributed by atoms with Gasteiger partial charge in [0.2, 0.25) is 11.8 Å². The van der Waals surface area contributed by atoms with E-state index in [9.17, 15) is 9.59 Å². The van der Waals surface area contributed by atoms with Crippen LogP contribution in [0.5, 0.6) is 0 Å². The number of likely N-dealkylation sites (N-methyl/N-ethyl adjacent to an activating group) is 1. The van der Waals surface area contributed by atoms with Gasteiger partial charge in [-0.15, -0.1) is 0 Å². The molecule has 2 rings (SSSR count). The Bertz CT molecular complexity index is 855. The average molecular weight is 408 g/mol. The molecule has 0 aliphatic heterocycles. The maximum atomic E-state index is 12.5. The minimum atomic E-state index is -0.482. The molecule has 0 aliphatic rings. The van der Waals surface area contributed by atoms with Crippen molar-refractivity contribution < 1.29 is 9.59 Å². The zero-order valence-corrected chi connectivity index (χ0v) is 17.3. The number of rotatable bonds is 6. The molecule has 0 aromatic heterocycles. The van der Waals surface area contributed by atoms with Gasteiger partial charge in [0.25, 0.3) is 0 Å². The smallest absolute Gasteiger partial charge is 0.241 e. The number of carbonyl (C=O) groups is 2. The summed E-state index contributed by atoms with van der Waals surface area (Å²) in [5.41, 5.74) is 3.38. The van der Waals surface area contributed by atoms with Crippen molar-refractivity contribution in [1.29, 1.82) is 0 Å². The molecule has 0 saturated carbocycles. The predicted molar refractivity (Wildman–Crippen MR) is 112 cm³/mol. The SMILES string of the molecule is Cc1ccc(C)c(NC(=O)[C@H](C)N(C)CC(=O)Nc2ccc(Cl)c(Cl)c2)c1. The number of benzene rings is 2. The van der Waals surface area contributed by atoms with E-state index in [4.69, 9.17) is 23.2 Å². The van der Waals surface area contributed by atoms with Crippen LogP contribution in [0.4, 0.5) is 11.4 Å². The number of amides is 2. The Morgan fingerprint density at radius 2 is 1.74 bits per heavy atom. The van der Waals surface area contributed by atoms with Crippen LogP contribution in [0.3, 0.4) is 0 Å². The first-order chi connectivity index (χ1) is 12.7. The molecule has 0 fully saturated rings. The molecule has 2 amide bonds. The van der Waals surface area contributed by atoms with E-state index in [1.165, 1.54) is 0 Å². The zero-order valence-electron chi connectivity index (χ0n) is 15.8. The summed E-state index contributed by atoms with van der Waals surface area (Å²) in [6, 6.07) is 10.3. The standard InChI is InChI=1S/C20H23Cl2N3O2/c1-12-5-6-13(2)18(9-12)24-20(27)14(3)25(4)11-19(26)23-15-7-8-16(21)17(22)10-15/h5-10,14H,11H2,1-4H3,(H,23,26)(H,24,27)/t14-/m0/s1. The molecule has 0 saturated heterocycles. The molecular formula is C20H23Cl2N3O2. The van der Waals surface area contributed by atoms with Gasteiger partial charge in [-0.3, -0.25) is 14.5 Å². The minimum absolute atomic E-state index is 0.0572. The summed E-state index contributed by atoms with van der Waals surface area (Å²) in [5, 5.41) is 6.45. The van der Waals surface area contributed by atoms with E-state index in [2.05, 4.69) is 10.6 Å². The van der Waals surface area contributed by atoms with Crippen LogP contribution >= 0.6 is 23.2 Å². The summed E-state index contributed by atoms with van der Waals surface area (Å²) in [6.07, 6.45) is 0. The van der Waals surface area contributed by atoms with Gasteiger partial charge in [-0.25, -0.2) is 0 Å². The summed E-state index contributed by atoms with van der Waals surface area (Å²) in [7, 11) is 1.72. The van der Waals surface area contributed by atoms with Gasteiger partial charge in [0, 0.05) is 11.4 Å². The second-order valence-corrected chi connectivity index (χ2v) is 7.39. The highest BCUT2D eigenvalue weighted by molar-refractivity contribution is 6.42. The van der Waals surface area contributed by atoms with E-state index < -0.39 is 6.04 Å². The topological polar surface area (TPSA) is 61.4 Å². The lowest BCUT2D eigenvalue weighted by Gasteiger charge is -2.23. The summed E-state index contributed by atoms with van der Waals surface area (Å²) in [5.74, 6) is -0.421. The second kappa shape index (κ2) is 9.22. The van der Waals surface area contributed by atoms with Gasteiger partial charge in [-0.2, -0.15) is 0 Å². The van der Waals surface area contributed by atoms with E-state index in [0.29, 0.717) is 15.7 Å². The molecule has 2 aromatic rings. The van der Waals surface area contributed by atoms with E-state index >= 15 is 0 Å².